The van der Waals surface area contributed by atoms with Crippen molar-refractivity contribution in [1.82, 2.24) is 49.1 Å². The summed E-state index contributed by atoms with van der Waals surface area (Å²) < 4.78 is 10.5. The van der Waals surface area contributed by atoms with Crippen LogP contribution in [0.2, 0.25) is 0 Å². The first-order valence-corrected chi connectivity index (χ1v) is 15.4. The van der Waals surface area contributed by atoms with E-state index >= 15 is 0 Å². The van der Waals surface area contributed by atoms with Crippen molar-refractivity contribution in [3.63, 3.8) is 0 Å². The lowest BCUT2D eigenvalue weighted by atomic mass is 10.2. The molecule has 1 amide bonds. The van der Waals surface area contributed by atoms with E-state index in [4.69, 9.17) is 32.1 Å². The van der Waals surface area contributed by atoms with Crippen LogP contribution in [0, 0.1) is 0 Å². The van der Waals surface area contributed by atoms with E-state index in [0.717, 1.165) is 25.7 Å². The Balaban J connectivity index is 1.55. The van der Waals surface area contributed by atoms with Gasteiger partial charge in [-0.25, -0.2) is 24.1 Å². The Morgan fingerprint density at radius 3 is 1.69 bits per heavy atom. The van der Waals surface area contributed by atoms with E-state index in [1.54, 1.807) is 20.2 Å². The minimum atomic E-state index is -0.686. The molecule has 0 aromatic carbocycles. The molecule has 6 N–H and O–H groups in total. The summed E-state index contributed by atoms with van der Waals surface area (Å²) in [4.78, 5) is 32.9. The summed E-state index contributed by atoms with van der Waals surface area (Å²) in [6, 6.07) is 1.62. The predicted octanol–water partition coefficient (Wildman–Crippen LogP) is 3.88. The summed E-state index contributed by atoms with van der Waals surface area (Å²) in [5, 5.41) is 34.9. The fourth-order valence-electron chi connectivity index (χ4n) is 4.82. The molecule has 0 unspecified atom stereocenters. The second kappa shape index (κ2) is 14.6. The summed E-state index contributed by atoms with van der Waals surface area (Å²) >= 11 is 0. The quantitative estimate of drug-likeness (QED) is 0.113. The highest BCUT2D eigenvalue weighted by Crippen LogP contribution is 2.35. The van der Waals surface area contributed by atoms with Crippen LogP contribution in [0.4, 0.5) is 34.6 Å². The Labute approximate surface area is 280 Å². The molecule has 0 atom stereocenters. The van der Waals surface area contributed by atoms with Gasteiger partial charge in [0.05, 0.1) is 30.9 Å². The van der Waals surface area contributed by atoms with Gasteiger partial charge in [0.25, 0.3) is 5.91 Å². The van der Waals surface area contributed by atoms with Gasteiger partial charge in [0, 0.05) is 20.2 Å². The number of nitrogen functional groups attached to an aromatic ring is 2. The number of carbonyl (C=O) groups excluding carboxylic acids is 2. The third-order valence-corrected chi connectivity index (χ3v) is 7.51. The van der Waals surface area contributed by atoms with E-state index in [0.29, 0.717) is 47.2 Å². The molecule has 0 aliphatic carbocycles. The second-order valence-electron chi connectivity index (χ2n) is 10.9. The summed E-state index contributed by atoms with van der Waals surface area (Å²) in [5.74, 6) is 0.0291. The number of hydrogen-bond donors (Lipinski definition) is 3. The van der Waals surface area contributed by atoms with Crippen LogP contribution < -0.4 is 17.2 Å². The Morgan fingerprint density at radius 1 is 0.776 bits per heavy atom. The Morgan fingerprint density at radius 2 is 1.24 bits per heavy atom. The number of anilines is 2. The van der Waals surface area contributed by atoms with Gasteiger partial charge in [-0.3, -0.25) is 4.79 Å². The van der Waals surface area contributed by atoms with Crippen LogP contribution in [0.1, 0.15) is 71.6 Å². The largest absolute Gasteiger partial charge is 0.465 e. The van der Waals surface area contributed by atoms with Crippen LogP contribution in [0.5, 0.6) is 0 Å². The number of unbranched alkanes of at least 4 members (excludes halogenated alkanes) is 2. The van der Waals surface area contributed by atoms with Gasteiger partial charge in [-0.1, -0.05) is 26.7 Å². The molecule has 256 valence electrons. The second-order valence-corrected chi connectivity index (χ2v) is 10.9. The van der Waals surface area contributed by atoms with Gasteiger partial charge in [0.2, 0.25) is 0 Å². The molecule has 0 bridgehead atoms. The van der Waals surface area contributed by atoms with Crippen molar-refractivity contribution >= 4 is 46.5 Å². The van der Waals surface area contributed by atoms with Crippen molar-refractivity contribution in [2.45, 2.75) is 52.4 Å². The third-order valence-electron chi connectivity index (χ3n) is 7.51. The molecule has 0 saturated heterocycles. The minimum absolute atomic E-state index is 0.117. The highest BCUT2D eigenvalue weighted by Gasteiger charge is 2.23. The molecule has 0 aliphatic heterocycles. The number of nitrogens with zero attached hydrogens (tertiary/aromatic N) is 14. The van der Waals surface area contributed by atoms with Gasteiger partial charge in [0.1, 0.15) is 17.5 Å². The Hall–Kier alpha value is -6.34. The normalized spacial score (nSPS) is 11.7. The molecule has 5 aromatic rings. The molecule has 0 fully saturated rings. The van der Waals surface area contributed by atoms with Gasteiger partial charge >= 0.3 is 5.97 Å². The number of amides is 1. The monoisotopic (exact) mass is 671 g/mol. The third kappa shape index (κ3) is 6.87. The topological polar surface area (TPSA) is 268 Å². The van der Waals surface area contributed by atoms with Gasteiger partial charge < -0.3 is 21.9 Å². The molecule has 49 heavy (non-hydrogen) atoms. The number of esters is 1. The first kappa shape index (κ1) is 34.0. The lowest BCUT2D eigenvalue weighted by molar-refractivity contribution is 0.0601. The van der Waals surface area contributed by atoms with Crippen LogP contribution in [0.3, 0.4) is 0 Å². The molecule has 5 heterocycles. The fourth-order valence-corrected chi connectivity index (χ4v) is 4.82. The predicted molar refractivity (Wildman–Crippen MR) is 177 cm³/mol. The Bertz CT molecular complexity index is 2050. The molecule has 5 aromatic heterocycles. The van der Waals surface area contributed by atoms with Crippen molar-refractivity contribution < 1.29 is 14.3 Å². The fraction of sp³-hybridized carbons (Fsp3) is 0.379. The summed E-state index contributed by atoms with van der Waals surface area (Å²) in [6.45, 7) is 4.11. The van der Waals surface area contributed by atoms with Gasteiger partial charge in [0.15, 0.2) is 46.3 Å². The zero-order valence-electron chi connectivity index (χ0n) is 27.8. The van der Waals surface area contributed by atoms with Crippen LogP contribution in [-0.2, 0) is 31.7 Å². The number of nitrogens with two attached hydrogens (primary N) is 3. The SMILES string of the molecule is CCCCc1nn(-c2cc(-n3nc(CCCC)c(N=Nc4c(C(=O)OC)cnn4C)c3N)ncn2)c(N)c1N=Nc1c(C(N)=O)cnn1C. The summed E-state index contributed by atoms with van der Waals surface area (Å²) in [5.41, 5.74) is 20.7. The van der Waals surface area contributed by atoms with Crippen molar-refractivity contribution in [1.29, 1.82) is 0 Å². The molecular formula is C29H37N17O3. The standard InChI is InChI=1S/C29H37N17O3/c1-6-8-10-18-22(37-39-27-16(26(32)47)13-35-43(27)3)24(30)45(41-18)20-12-21(34-15-33-20)46-25(31)23(19(42-46)11-9-7-2)38-40-28-17(29(48)49-5)14-36-44(28)4/h12-15H,6-11,30-31H2,1-5H3,(H2,32,47). The average Bonchev–Trinajstić information content (AvgIpc) is 3.83. The van der Waals surface area contributed by atoms with Crippen LogP contribution >= 0.6 is 0 Å². The molecule has 20 heteroatoms. The van der Waals surface area contributed by atoms with E-state index in [-0.39, 0.29) is 34.4 Å². The zero-order chi connectivity index (χ0) is 35.2. The molecule has 0 saturated carbocycles. The maximum atomic E-state index is 12.2. The van der Waals surface area contributed by atoms with Crippen LogP contribution in [0.25, 0.3) is 11.6 Å². The van der Waals surface area contributed by atoms with E-state index in [1.807, 2.05) is 0 Å². The molecule has 0 aliphatic rings. The number of ether oxygens (including phenoxy) is 1. The van der Waals surface area contributed by atoms with Crippen LogP contribution in [-0.4, -0.2) is 68.1 Å². The average molecular weight is 672 g/mol. The maximum absolute atomic E-state index is 12.2. The number of aryl methyl sites for hydroxylation is 4. The van der Waals surface area contributed by atoms with E-state index < -0.39 is 11.9 Å². The van der Waals surface area contributed by atoms with E-state index in [9.17, 15) is 9.59 Å². The summed E-state index contributed by atoms with van der Waals surface area (Å²) in [6.07, 6.45) is 8.56. The zero-order valence-corrected chi connectivity index (χ0v) is 27.8. The van der Waals surface area contributed by atoms with Crippen molar-refractivity contribution in [2.75, 3.05) is 18.6 Å². The van der Waals surface area contributed by atoms with Crippen LogP contribution in [0.15, 0.2) is 45.2 Å². The van der Waals surface area contributed by atoms with Crippen molar-refractivity contribution in [3.05, 3.63) is 47.3 Å². The number of primary amides is 1. The van der Waals surface area contributed by atoms with Gasteiger partial charge in [-0.2, -0.15) is 29.8 Å². The van der Waals surface area contributed by atoms with Gasteiger partial charge in [-0.05, 0) is 25.7 Å². The molecule has 0 spiro atoms. The van der Waals surface area contributed by atoms with Crippen molar-refractivity contribution in [3.8, 4) is 11.6 Å². The first-order chi connectivity index (χ1) is 23.6. The highest BCUT2D eigenvalue weighted by atomic mass is 16.5. The lowest BCUT2D eigenvalue weighted by Gasteiger charge is -2.06. The van der Waals surface area contributed by atoms with Gasteiger partial charge in [-0.15, -0.1) is 20.5 Å². The number of aromatic nitrogens is 10. The van der Waals surface area contributed by atoms with Crippen molar-refractivity contribution in [2.24, 2.45) is 40.3 Å². The number of rotatable bonds is 14. The minimum Gasteiger partial charge on any atom is -0.465 e. The lowest BCUT2D eigenvalue weighted by Crippen LogP contribution is -2.10. The number of carbonyl (C=O) groups is 2. The number of azo groups is 2. The molecule has 20 nitrogen and oxygen atoms in total. The maximum Gasteiger partial charge on any atom is 0.343 e. The smallest absolute Gasteiger partial charge is 0.343 e. The highest BCUT2D eigenvalue weighted by molar-refractivity contribution is 5.96. The molecular weight excluding hydrogens is 634 g/mol. The van der Waals surface area contributed by atoms with E-state index in [1.165, 1.54) is 44.6 Å². The Kier molecular flexibility index (Phi) is 10.1. The first-order valence-electron chi connectivity index (χ1n) is 15.4. The number of hydrogen-bond acceptors (Lipinski definition) is 15. The summed E-state index contributed by atoms with van der Waals surface area (Å²) in [7, 11) is 4.52. The molecule has 0 radical (unpaired) electrons. The number of methoxy groups -OCH3 is 1. The van der Waals surface area contributed by atoms with E-state index in [2.05, 4.69) is 54.5 Å². The molecule has 5 rings (SSSR count).